The first-order chi connectivity index (χ1) is 4.97. The molecule has 1 aromatic carbocycles. The van der Waals surface area contributed by atoms with Crippen LogP contribution in [0.2, 0.25) is 0 Å². The molecule has 2 rings (SSSR count). The van der Waals surface area contributed by atoms with E-state index >= 15 is 0 Å². The number of hydrogen-bond donors (Lipinski definition) is 0. The summed E-state index contributed by atoms with van der Waals surface area (Å²) in [6.07, 6.45) is 4.75. The molecule has 0 radical (unpaired) electrons. The summed E-state index contributed by atoms with van der Waals surface area (Å²) in [6, 6.07) is 8.08. The number of fused-ring (bicyclic) bond motifs is 1. The number of rotatable bonds is 0. The van der Waals surface area contributed by atoms with Gasteiger partial charge in [-0.1, -0.05) is 18.2 Å². The summed E-state index contributed by atoms with van der Waals surface area (Å²) in [5.74, 6) is 0.991. The van der Waals surface area contributed by atoms with E-state index in [2.05, 4.69) is 6.07 Å². The third-order valence-corrected chi connectivity index (χ3v) is 1.60. The molecule has 1 aliphatic heterocycles. The summed E-state index contributed by atoms with van der Waals surface area (Å²) < 4.78 is 5.24. The Morgan fingerprint density at radius 3 is 2.82 bits per heavy atom. The predicted molar refractivity (Wildman–Crippen MR) is 39.9 cm³/mol. The van der Waals surface area contributed by atoms with Crippen LogP contribution in [0.5, 0.6) is 5.75 Å². The van der Waals surface area contributed by atoms with Crippen LogP contribution in [0.3, 0.4) is 0 Å². The van der Waals surface area contributed by atoms with E-state index in [9.17, 15) is 0 Å². The molecule has 2 heteroatoms. The maximum absolute atomic E-state index is 5.24. The third-order valence-electron chi connectivity index (χ3n) is 1.60. The molecule has 1 aliphatic rings. The standard InChI is InChI=1S/C9H8O.Cr/c1-2-6-9-8(4-1)5-3-7-10-9;/h1-4,6-7H,5H2;. The second-order valence-corrected chi connectivity index (χ2v) is 2.30. The van der Waals surface area contributed by atoms with Gasteiger partial charge in [-0.15, -0.1) is 0 Å². The zero-order chi connectivity index (χ0) is 6.81. The van der Waals surface area contributed by atoms with Crippen molar-refractivity contribution >= 4 is 0 Å². The summed E-state index contributed by atoms with van der Waals surface area (Å²) in [7, 11) is 0. The van der Waals surface area contributed by atoms with Crippen molar-refractivity contribution in [2.75, 3.05) is 0 Å². The van der Waals surface area contributed by atoms with E-state index in [0.29, 0.717) is 0 Å². The number of allylic oxidation sites excluding steroid dienone is 1. The van der Waals surface area contributed by atoms with Crippen LogP contribution in [0.15, 0.2) is 36.6 Å². The van der Waals surface area contributed by atoms with Gasteiger partial charge in [-0.05, 0) is 24.1 Å². The molecule has 56 valence electrons. The van der Waals surface area contributed by atoms with Gasteiger partial charge in [0.25, 0.3) is 0 Å². The molecule has 0 saturated carbocycles. The van der Waals surface area contributed by atoms with Crippen molar-refractivity contribution in [1.29, 1.82) is 0 Å². The molecular weight excluding hydrogens is 176 g/mol. The van der Waals surface area contributed by atoms with E-state index in [4.69, 9.17) is 4.74 Å². The largest absolute Gasteiger partial charge is 0.465 e. The Hall–Kier alpha value is -0.708. The molecule has 1 aromatic rings. The van der Waals surface area contributed by atoms with E-state index < -0.39 is 0 Å². The fourth-order valence-electron chi connectivity index (χ4n) is 1.08. The Balaban J connectivity index is 0.000000605. The summed E-state index contributed by atoms with van der Waals surface area (Å²) in [5.41, 5.74) is 1.27. The maximum atomic E-state index is 5.24. The molecule has 0 spiro atoms. The van der Waals surface area contributed by atoms with Crippen LogP contribution >= 0.6 is 0 Å². The fourth-order valence-corrected chi connectivity index (χ4v) is 1.08. The molecule has 1 nitrogen and oxygen atoms in total. The Labute approximate surface area is 76.8 Å². The van der Waals surface area contributed by atoms with Crippen molar-refractivity contribution < 1.29 is 22.1 Å². The van der Waals surface area contributed by atoms with E-state index in [-0.39, 0.29) is 17.4 Å². The van der Waals surface area contributed by atoms with Crippen molar-refractivity contribution in [2.24, 2.45) is 0 Å². The smallest absolute Gasteiger partial charge is 0.130 e. The topological polar surface area (TPSA) is 9.23 Å². The number of para-hydroxylation sites is 1. The van der Waals surface area contributed by atoms with Gasteiger partial charge >= 0.3 is 0 Å². The molecule has 0 aromatic heterocycles. The van der Waals surface area contributed by atoms with E-state index in [1.807, 2.05) is 24.3 Å². The van der Waals surface area contributed by atoms with Gasteiger partial charge in [-0.3, -0.25) is 0 Å². The minimum absolute atomic E-state index is 0. The Morgan fingerprint density at radius 1 is 1.18 bits per heavy atom. The molecule has 0 atom stereocenters. The summed E-state index contributed by atoms with van der Waals surface area (Å²) in [5, 5.41) is 0. The van der Waals surface area contributed by atoms with Crippen LogP contribution in [0.1, 0.15) is 5.56 Å². The van der Waals surface area contributed by atoms with Crippen molar-refractivity contribution in [3.8, 4) is 5.75 Å². The van der Waals surface area contributed by atoms with E-state index in [1.54, 1.807) is 6.26 Å². The summed E-state index contributed by atoms with van der Waals surface area (Å²) >= 11 is 0. The first-order valence-electron chi connectivity index (χ1n) is 3.36. The summed E-state index contributed by atoms with van der Waals surface area (Å²) in [4.78, 5) is 0. The van der Waals surface area contributed by atoms with Crippen LogP contribution < -0.4 is 4.74 Å². The van der Waals surface area contributed by atoms with Crippen molar-refractivity contribution in [2.45, 2.75) is 6.42 Å². The van der Waals surface area contributed by atoms with Crippen LogP contribution in [0.4, 0.5) is 0 Å². The van der Waals surface area contributed by atoms with Gasteiger partial charge in [0.15, 0.2) is 0 Å². The predicted octanol–water partition coefficient (Wildman–Crippen LogP) is 2.13. The SMILES string of the molecule is C1=COc2ccccc2C1.[Cr]. The van der Waals surface area contributed by atoms with Gasteiger partial charge in [0, 0.05) is 17.4 Å². The van der Waals surface area contributed by atoms with Crippen LogP contribution in [-0.4, -0.2) is 0 Å². The van der Waals surface area contributed by atoms with E-state index in [1.165, 1.54) is 5.56 Å². The Bertz CT molecular complexity index is 241. The van der Waals surface area contributed by atoms with Gasteiger partial charge in [-0.25, -0.2) is 0 Å². The maximum Gasteiger partial charge on any atom is 0.130 e. The molecule has 0 unspecified atom stereocenters. The molecule has 1 heterocycles. The van der Waals surface area contributed by atoms with Gasteiger partial charge < -0.3 is 4.74 Å². The molecule has 0 saturated heterocycles. The molecule has 11 heavy (non-hydrogen) atoms. The molecule has 0 amide bonds. The Kier molecular flexibility index (Phi) is 2.76. The zero-order valence-electron chi connectivity index (χ0n) is 5.99. The zero-order valence-corrected chi connectivity index (χ0v) is 7.26. The van der Waals surface area contributed by atoms with Crippen molar-refractivity contribution in [3.63, 3.8) is 0 Å². The molecule has 0 bridgehead atoms. The van der Waals surface area contributed by atoms with Gasteiger partial charge in [0.05, 0.1) is 6.26 Å². The quantitative estimate of drug-likeness (QED) is 0.600. The minimum atomic E-state index is 0. The van der Waals surface area contributed by atoms with Gasteiger partial charge in [0.2, 0.25) is 0 Å². The first-order valence-corrected chi connectivity index (χ1v) is 3.36. The third kappa shape index (κ3) is 1.65. The van der Waals surface area contributed by atoms with Gasteiger partial charge in [0.1, 0.15) is 5.75 Å². The van der Waals surface area contributed by atoms with Crippen molar-refractivity contribution in [3.05, 3.63) is 42.2 Å². The van der Waals surface area contributed by atoms with Crippen molar-refractivity contribution in [1.82, 2.24) is 0 Å². The molecule has 0 N–H and O–H groups in total. The number of ether oxygens (including phenoxy) is 1. The normalized spacial score (nSPS) is 12.7. The average Bonchev–Trinajstić information content (AvgIpc) is 2.05. The van der Waals surface area contributed by atoms with Crippen LogP contribution in [-0.2, 0) is 23.8 Å². The second kappa shape index (κ2) is 3.62. The minimum Gasteiger partial charge on any atom is -0.465 e. The Morgan fingerprint density at radius 2 is 2.00 bits per heavy atom. The van der Waals surface area contributed by atoms with Gasteiger partial charge in [-0.2, -0.15) is 0 Å². The number of benzene rings is 1. The molecule has 0 fully saturated rings. The van der Waals surface area contributed by atoms with E-state index in [0.717, 1.165) is 12.2 Å². The molecule has 0 aliphatic carbocycles. The monoisotopic (exact) mass is 184 g/mol. The van der Waals surface area contributed by atoms with Crippen LogP contribution in [0, 0.1) is 0 Å². The second-order valence-electron chi connectivity index (χ2n) is 2.30. The first kappa shape index (κ1) is 8.39. The fraction of sp³-hybridized carbons (Fsp3) is 0.111. The average molecular weight is 184 g/mol. The molecular formula is C9H8CrO. The number of hydrogen-bond acceptors (Lipinski definition) is 1. The van der Waals surface area contributed by atoms with Crippen LogP contribution in [0.25, 0.3) is 0 Å². The summed E-state index contributed by atoms with van der Waals surface area (Å²) in [6.45, 7) is 0.